The summed E-state index contributed by atoms with van der Waals surface area (Å²) < 4.78 is 10.5. The molecule has 3 rings (SSSR count). The third kappa shape index (κ3) is 4.73. The normalized spacial score (nSPS) is 16.0. The fourth-order valence-corrected chi connectivity index (χ4v) is 3.29. The van der Waals surface area contributed by atoms with Gasteiger partial charge in [0.15, 0.2) is 0 Å². The van der Waals surface area contributed by atoms with Crippen molar-refractivity contribution < 1.29 is 19.1 Å². The molecular weight excluding hydrogens is 358 g/mol. The SMILES string of the molecule is COc1cccc(N2C[C@H](NC(=O)NCCc3ccccc3OC)CC2=O)c1. The molecule has 7 nitrogen and oxygen atoms in total. The molecule has 2 aromatic carbocycles. The third-order valence-corrected chi connectivity index (χ3v) is 4.70. The summed E-state index contributed by atoms with van der Waals surface area (Å²) in [7, 11) is 3.22. The molecule has 0 bridgehead atoms. The molecule has 1 saturated heterocycles. The molecule has 148 valence electrons. The van der Waals surface area contributed by atoms with Gasteiger partial charge in [0.05, 0.1) is 20.3 Å². The van der Waals surface area contributed by atoms with Crippen molar-refractivity contribution in [1.29, 1.82) is 0 Å². The van der Waals surface area contributed by atoms with E-state index < -0.39 is 0 Å². The third-order valence-electron chi connectivity index (χ3n) is 4.70. The molecule has 1 heterocycles. The van der Waals surface area contributed by atoms with Crippen LogP contribution >= 0.6 is 0 Å². The van der Waals surface area contributed by atoms with Crippen molar-refractivity contribution in [3.63, 3.8) is 0 Å². The van der Waals surface area contributed by atoms with Gasteiger partial charge in [-0.15, -0.1) is 0 Å². The molecule has 1 aliphatic rings. The summed E-state index contributed by atoms with van der Waals surface area (Å²) in [6, 6.07) is 14.5. The van der Waals surface area contributed by atoms with Crippen LogP contribution in [0, 0.1) is 0 Å². The van der Waals surface area contributed by atoms with Gasteiger partial charge in [-0.1, -0.05) is 24.3 Å². The topological polar surface area (TPSA) is 79.9 Å². The Morgan fingerprint density at radius 2 is 1.96 bits per heavy atom. The maximum Gasteiger partial charge on any atom is 0.315 e. The number of anilines is 1. The van der Waals surface area contributed by atoms with Crippen LogP contribution in [0.25, 0.3) is 0 Å². The predicted molar refractivity (Wildman–Crippen MR) is 107 cm³/mol. The Bertz CT molecular complexity index is 840. The minimum atomic E-state index is -0.278. The van der Waals surface area contributed by atoms with Crippen molar-refractivity contribution in [3.05, 3.63) is 54.1 Å². The Labute approximate surface area is 164 Å². The van der Waals surface area contributed by atoms with Gasteiger partial charge in [0.1, 0.15) is 11.5 Å². The van der Waals surface area contributed by atoms with Crippen LogP contribution in [-0.4, -0.2) is 45.3 Å². The zero-order valence-electron chi connectivity index (χ0n) is 16.1. The summed E-state index contributed by atoms with van der Waals surface area (Å²) in [6.45, 7) is 0.915. The Balaban J connectivity index is 1.49. The highest BCUT2D eigenvalue weighted by atomic mass is 16.5. The van der Waals surface area contributed by atoms with Gasteiger partial charge in [-0.25, -0.2) is 4.79 Å². The summed E-state index contributed by atoms with van der Waals surface area (Å²) >= 11 is 0. The number of nitrogens with zero attached hydrogens (tertiary/aromatic N) is 1. The molecule has 0 unspecified atom stereocenters. The summed E-state index contributed by atoms with van der Waals surface area (Å²) in [4.78, 5) is 26.2. The lowest BCUT2D eigenvalue weighted by Crippen LogP contribution is -2.43. The van der Waals surface area contributed by atoms with Crippen LogP contribution in [0.15, 0.2) is 48.5 Å². The minimum Gasteiger partial charge on any atom is -0.497 e. The molecule has 0 radical (unpaired) electrons. The molecular formula is C21H25N3O4. The summed E-state index contributed by atoms with van der Waals surface area (Å²) in [5, 5.41) is 5.72. The molecule has 28 heavy (non-hydrogen) atoms. The van der Waals surface area contributed by atoms with Crippen molar-refractivity contribution in [2.45, 2.75) is 18.9 Å². The number of hydrogen-bond acceptors (Lipinski definition) is 4. The van der Waals surface area contributed by atoms with Gasteiger partial charge >= 0.3 is 6.03 Å². The molecule has 0 saturated carbocycles. The largest absolute Gasteiger partial charge is 0.497 e. The number of rotatable bonds is 7. The lowest BCUT2D eigenvalue weighted by atomic mass is 10.1. The van der Waals surface area contributed by atoms with E-state index in [9.17, 15) is 9.59 Å². The first-order valence-corrected chi connectivity index (χ1v) is 9.21. The molecule has 2 aromatic rings. The first kappa shape index (κ1) is 19.5. The van der Waals surface area contributed by atoms with Crippen molar-refractivity contribution in [2.24, 2.45) is 0 Å². The Morgan fingerprint density at radius 3 is 2.75 bits per heavy atom. The van der Waals surface area contributed by atoms with E-state index >= 15 is 0 Å². The number of ether oxygens (including phenoxy) is 2. The molecule has 7 heteroatoms. The van der Waals surface area contributed by atoms with Crippen LogP contribution in [0.5, 0.6) is 11.5 Å². The number of nitrogens with one attached hydrogen (secondary N) is 2. The standard InChI is InChI=1S/C21H25N3O4/c1-27-18-8-5-7-17(13-18)24-14-16(12-20(24)25)23-21(26)22-11-10-15-6-3-4-9-19(15)28-2/h3-9,13,16H,10-12,14H2,1-2H3,(H2,22,23,26)/t16-/m1/s1. The van der Waals surface area contributed by atoms with Gasteiger partial charge in [0, 0.05) is 31.3 Å². The number of methoxy groups -OCH3 is 2. The predicted octanol–water partition coefficient (Wildman–Crippen LogP) is 2.35. The Hall–Kier alpha value is -3.22. The van der Waals surface area contributed by atoms with Crippen LogP contribution < -0.4 is 25.0 Å². The van der Waals surface area contributed by atoms with E-state index in [0.717, 1.165) is 17.0 Å². The molecule has 3 amide bonds. The average molecular weight is 383 g/mol. The Morgan fingerprint density at radius 1 is 1.14 bits per heavy atom. The van der Waals surface area contributed by atoms with E-state index in [-0.39, 0.29) is 24.4 Å². The molecule has 1 fully saturated rings. The van der Waals surface area contributed by atoms with E-state index in [0.29, 0.717) is 25.3 Å². The lowest BCUT2D eigenvalue weighted by molar-refractivity contribution is -0.117. The Kier molecular flexibility index (Phi) is 6.37. The highest BCUT2D eigenvalue weighted by Crippen LogP contribution is 2.25. The number of benzene rings is 2. The number of hydrogen-bond donors (Lipinski definition) is 2. The van der Waals surface area contributed by atoms with Gasteiger partial charge in [0.2, 0.25) is 5.91 Å². The van der Waals surface area contributed by atoms with E-state index in [1.807, 2.05) is 48.5 Å². The quantitative estimate of drug-likeness (QED) is 0.769. The zero-order chi connectivity index (χ0) is 19.9. The summed E-state index contributed by atoms with van der Waals surface area (Å²) in [5.41, 5.74) is 1.80. The van der Waals surface area contributed by atoms with Crippen LogP contribution in [0.1, 0.15) is 12.0 Å². The fourth-order valence-electron chi connectivity index (χ4n) is 3.29. The van der Waals surface area contributed by atoms with Crippen LogP contribution in [0.2, 0.25) is 0 Å². The monoisotopic (exact) mass is 383 g/mol. The van der Waals surface area contributed by atoms with Crippen molar-refractivity contribution in [1.82, 2.24) is 10.6 Å². The number of carbonyl (C=O) groups is 2. The van der Waals surface area contributed by atoms with Crippen molar-refractivity contribution >= 4 is 17.6 Å². The first-order chi connectivity index (χ1) is 13.6. The van der Waals surface area contributed by atoms with Gasteiger partial charge in [-0.05, 0) is 30.2 Å². The van der Waals surface area contributed by atoms with E-state index in [4.69, 9.17) is 9.47 Å². The van der Waals surface area contributed by atoms with Crippen molar-refractivity contribution in [2.75, 3.05) is 32.2 Å². The zero-order valence-corrected chi connectivity index (χ0v) is 16.1. The highest BCUT2D eigenvalue weighted by Gasteiger charge is 2.31. The average Bonchev–Trinajstić information content (AvgIpc) is 3.08. The first-order valence-electron chi connectivity index (χ1n) is 9.21. The number of urea groups is 1. The van der Waals surface area contributed by atoms with Crippen LogP contribution in [0.3, 0.4) is 0 Å². The molecule has 2 N–H and O–H groups in total. The van der Waals surface area contributed by atoms with E-state index in [1.165, 1.54) is 0 Å². The lowest BCUT2D eigenvalue weighted by Gasteiger charge is -2.18. The number of para-hydroxylation sites is 1. The molecule has 0 aliphatic carbocycles. The van der Waals surface area contributed by atoms with Crippen LogP contribution in [0.4, 0.5) is 10.5 Å². The maximum absolute atomic E-state index is 12.3. The second-order valence-electron chi connectivity index (χ2n) is 6.57. The van der Waals surface area contributed by atoms with Gasteiger partial charge in [-0.3, -0.25) is 4.79 Å². The minimum absolute atomic E-state index is 0.0208. The summed E-state index contributed by atoms with van der Waals surface area (Å²) in [5.74, 6) is 1.48. The molecule has 1 atom stereocenters. The van der Waals surface area contributed by atoms with Gasteiger partial charge in [-0.2, -0.15) is 0 Å². The maximum atomic E-state index is 12.3. The highest BCUT2D eigenvalue weighted by molar-refractivity contribution is 5.97. The summed E-state index contributed by atoms with van der Waals surface area (Å²) in [6.07, 6.45) is 0.939. The molecule has 1 aliphatic heterocycles. The van der Waals surface area contributed by atoms with Gasteiger partial charge < -0.3 is 25.0 Å². The molecule has 0 aromatic heterocycles. The second kappa shape index (κ2) is 9.12. The van der Waals surface area contributed by atoms with E-state index in [1.54, 1.807) is 19.1 Å². The van der Waals surface area contributed by atoms with Crippen molar-refractivity contribution in [3.8, 4) is 11.5 Å². The van der Waals surface area contributed by atoms with Crippen LogP contribution in [-0.2, 0) is 11.2 Å². The van der Waals surface area contributed by atoms with E-state index in [2.05, 4.69) is 10.6 Å². The smallest absolute Gasteiger partial charge is 0.315 e. The number of amides is 3. The number of carbonyl (C=O) groups excluding carboxylic acids is 2. The fraction of sp³-hybridized carbons (Fsp3) is 0.333. The second-order valence-corrected chi connectivity index (χ2v) is 6.57. The molecule has 0 spiro atoms. The van der Waals surface area contributed by atoms with Gasteiger partial charge in [0.25, 0.3) is 0 Å².